The van der Waals surface area contributed by atoms with E-state index in [9.17, 15) is 19.8 Å². The standard InChI is InChI=1S/C56H101NO5/c1-4-7-10-13-16-19-22-24-26-27-28-29-30-32-34-37-40-43-46-49-56(61)62-52(47-44-41-38-35-33-31-25-23-20-17-14-11-8-5-2)50-55(60)57-53(51-58)54(59)48-45-42-39-36-21-18-15-12-9-6-3/h16,19,24,26,28-29,31,33,35,38,52-54,58-59H,4-15,17-18,20-23,25,27,30,32,34,36-37,39-51H2,1-3H3,(H,57,60)/b19-16-,26-24-,29-28-,33-31+,38-35+. The van der Waals surface area contributed by atoms with E-state index < -0.39 is 18.2 Å². The van der Waals surface area contributed by atoms with Crippen LogP contribution >= 0.6 is 0 Å². The quantitative estimate of drug-likeness (QED) is 0.0245. The molecule has 0 aromatic rings. The Balaban J connectivity index is 4.63. The molecule has 360 valence electrons. The predicted molar refractivity (Wildman–Crippen MR) is 268 cm³/mol. The van der Waals surface area contributed by atoms with Crippen LogP contribution in [0.4, 0.5) is 0 Å². The molecule has 6 nitrogen and oxygen atoms in total. The van der Waals surface area contributed by atoms with Gasteiger partial charge in [0.15, 0.2) is 0 Å². The van der Waals surface area contributed by atoms with E-state index in [2.05, 4.69) is 86.8 Å². The summed E-state index contributed by atoms with van der Waals surface area (Å²) < 4.78 is 5.91. The van der Waals surface area contributed by atoms with Crippen molar-refractivity contribution < 1.29 is 24.5 Å². The first-order valence-electron chi connectivity index (χ1n) is 26.5. The number of hydrogen-bond donors (Lipinski definition) is 3. The Bertz CT molecular complexity index is 1110. The van der Waals surface area contributed by atoms with Crippen molar-refractivity contribution in [1.82, 2.24) is 5.32 Å². The Hall–Kier alpha value is -2.44. The second-order valence-corrected chi connectivity index (χ2v) is 17.9. The van der Waals surface area contributed by atoms with E-state index in [-0.39, 0.29) is 24.9 Å². The molecule has 0 heterocycles. The Kier molecular flexibility index (Phi) is 47.6. The average Bonchev–Trinajstić information content (AvgIpc) is 3.26. The number of allylic oxidation sites excluding steroid dienone is 10. The second kappa shape index (κ2) is 49.6. The lowest BCUT2D eigenvalue weighted by Gasteiger charge is -2.24. The van der Waals surface area contributed by atoms with Crippen molar-refractivity contribution in [3.05, 3.63) is 60.8 Å². The number of aliphatic hydroxyl groups excluding tert-OH is 2. The van der Waals surface area contributed by atoms with Crippen LogP contribution in [0.5, 0.6) is 0 Å². The van der Waals surface area contributed by atoms with Crippen molar-refractivity contribution in [3.63, 3.8) is 0 Å². The maximum absolute atomic E-state index is 13.2. The average molecular weight is 868 g/mol. The summed E-state index contributed by atoms with van der Waals surface area (Å²) in [5.74, 6) is -0.534. The molecule has 0 bridgehead atoms. The van der Waals surface area contributed by atoms with Crippen LogP contribution in [-0.2, 0) is 14.3 Å². The highest BCUT2D eigenvalue weighted by Crippen LogP contribution is 2.17. The van der Waals surface area contributed by atoms with E-state index >= 15 is 0 Å². The third-order valence-electron chi connectivity index (χ3n) is 11.8. The second-order valence-electron chi connectivity index (χ2n) is 17.9. The van der Waals surface area contributed by atoms with Crippen LogP contribution in [-0.4, -0.2) is 46.9 Å². The normalized spacial score (nSPS) is 13.7. The first-order chi connectivity index (χ1) is 30.5. The Morgan fingerprint density at radius 3 is 1.40 bits per heavy atom. The number of amides is 1. The van der Waals surface area contributed by atoms with Crippen LogP contribution < -0.4 is 5.32 Å². The molecule has 0 aromatic heterocycles. The lowest BCUT2D eigenvalue weighted by Crippen LogP contribution is -2.46. The van der Waals surface area contributed by atoms with Gasteiger partial charge in [-0.05, 0) is 83.5 Å². The number of esters is 1. The van der Waals surface area contributed by atoms with Gasteiger partial charge in [0.05, 0.1) is 25.2 Å². The molecule has 0 aliphatic heterocycles. The van der Waals surface area contributed by atoms with Gasteiger partial charge in [-0.3, -0.25) is 9.59 Å². The van der Waals surface area contributed by atoms with Crippen LogP contribution in [0, 0.1) is 0 Å². The van der Waals surface area contributed by atoms with Crippen LogP contribution in [0.25, 0.3) is 0 Å². The van der Waals surface area contributed by atoms with E-state index in [1.54, 1.807) is 0 Å². The van der Waals surface area contributed by atoms with Crippen LogP contribution in [0.15, 0.2) is 60.8 Å². The summed E-state index contributed by atoms with van der Waals surface area (Å²) in [5.41, 5.74) is 0. The fraction of sp³-hybridized carbons (Fsp3) is 0.786. The van der Waals surface area contributed by atoms with E-state index in [0.717, 1.165) is 77.0 Å². The zero-order valence-electron chi connectivity index (χ0n) is 41.0. The van der Waals surface area contributed by atoms with Gasteiger partial charge in [-0.25, -0.2) is 0 Å². The van der Waals surface area contributed by atoms with E-state index in [4.69, 9.17) is 4.74 Å². The minimum atomic E-state index is -0.802. The number of rotatable bonds is 47. The van der Waals surface area contributed by atoms with Crippen molar-refractivity contribution in [2.75, 3.05) is 6.61 Å². The largest absolute Gasteiger partial charge is 0.462 e. The summed E-state index contributed by atoms with van der Waals surface area (Å²) in [4.78, 5) is 26.1. The van der Waals surface area contributed by atoms with Crippen molar-refractivity contribution in [2.24, 2.45) is 0 Å². The molecule has 1 amide bonds. The third kappa shape index (κ3) is 44.2. The van der Waals surface area contributed by atoms with Gasteiger partial charge in [0.25, 0.3) is 0 Å². The van der Waals surface area contributed by atoms with Gasteiger partial charge in [-0.2, -0.15) is 0 Å². The van der Waals surface area contributed by atoms with E-state index in [1.165, 1.54) is 135 Å². The van der Waals surface area contributed by atoms with Crippen LogP contribution in [0.1, 0.15) is 258 Å². The summed E-state index contributed by atoms with van der Waals surface area (Å²) in [6.45, 7) is 6.42. The number of unbranched alkanes of at least 4 members (excludes halogenated alkanes) is 26. The molecule has 0 aliphatic carbocycles. The molecule has 0 fully saturated rings. The maximum atomic E-state index is 13.2. The first-order valence-corrected chi connectivity index (χ1v) is 26.5. The van der Waals surface area contributed by atoms with Gasteiger partial charge in [0.1, 0.15) is 6.10 Å². The fourth-order valence-corrected chi connectivity index (χ4v) is 7.79. The Morgan fingerprint density at radius 2 is 0.887 bits per heavy atom. The smallest absolute Gasteiger partial charge is 0.306 e. The third-order valence-corrected chi connectivity index (χ3v) is 11.8. The molecule has 0 aliphatic rings. The summed E-state index contributed by atoms with van der Waals surface area (Å²) in [5, 5.41) is 23.7. The van der Waals surface area contributed by atoms with Gasteiger partial charge in [0.2, 0.25) is 5.91 Å². The van der Waals surface area contributed by atoms with Gasteiger partial charge in [0, 0.05) is 6.42 Å². The summed E-state index contributed by atoms with van der Waals surface area (Å²) >= 11 is 0. The fourth-order valence-electron chi connectivity index (χ4n) is 7.79. The van der Waals surface area contributed by atoms with E-state index in [1.807, 2.05) is 0 Å². The number of nitrogens with one attached hydrogen (secondary N) is 1. The maximum Gasteiger partial charge on any atom is 0.306 e. The molecular formula is C56H101NO5. The molecule has 3 unspecified atom stereocenters. The zero-order chi connectivity index (χ0) is 45.2. The van der Waals surface area contributed by atoms with Crippen molar-refractivity contribution in [3.8, 4) is 0 Å². The van der Waals surface area contributed by atoms with Crippen molar-refractivity contribution in [2.45, 2.75) is 277 Å². The molecule has 3 atom stereocenters. The molecule has 0 saturated heterocycles. The molecule has 0 rings (SSSR count). The molecule has 0 aromatic carbocycles. The lowest BCUT2D eigenvalue weighted by atomic mass is 10.0. The summed E-state index contributed by atoms with van der Waals surface area (Å²) in [7, 11) is 0. The Labute approximate surface area is 384 Å². The number of hydrogen-bond acceptors (Lipinski definition) is 5. The first kappa shape index (κ1) is 59.6. The van der Waals surface area contributed by atoms with Gasteiger partial charge in [-0.1, -0.05) is 223 Å². The minimum absolute atomic E-state index is 0.0382. The zero-order valence-corrected chi connectivity index (χ0v) is 41.0. The molecule has 0 saturated carbocycles. The topological polar surface area (TPSA) is 95.9 Å². The summed E-state index contributed by atoms with van der Waals surface area (Å²) in [6.07, 6.45) is 61.4. The number of aliphatic hydroxyl groups is 2. The molecular weight excluding hydrogens is 767 g/mol. The highest BCUT2D eigenvalue weighted by molar-refractivity contribution is 5.77. The van der Waals surface area contributed by atoms with E-state index in [0.29, 0.717) is 19.3 Å². The molecule has 0 spiro atoms. The molecule has 62 heavy (non-hydrogen) atoms. The van der Waals surface area contributed by atoms with Gasteiger partial charge >= 0.3 is 5.97 Å². The minimum Gasteiger partial charge on any atom is -0.462 e. The highest BCUT2D eigenvalue weighted by atomic mass is 16.5. The molecule has 0 radical (unpaired) electrons. The SMILES string of the molecule is CCCCC/C=C\C/C=C\C/C=C\CCCCCCCCC(=O)OC(CCC/C=C/C=C/CCCCCCCCC)CC(=O)NC(CO)C(O)CCCCCCCCCCCC. The lowest BCUT2D eigenvalue weighted by molar-refractivity contribution is -0.151. The number of carbonyl (C=O) groups excluding carboxylic acids is 2. The monoisotopic (exact) mass is 868 g/mol. The predicted octanol–water partition coefficient (Wildman–Crippen LogP) is 16.0. The van der Waals surface area contributed by atoms with Crippen LogP contribution in [0.2, 0.25) is 0 Å². The van der Waals surface area contributed by atoms with Crippen LogP contribution in [0.3, 0.4) is 0 Å². The molecule has 3 N–H and O–H groups in total. The molecule has 6 heteroatoms. The van der Waals surface area contributed by atoms with Crippen molar-refractivity contribution in [1.29, 1.82) is 0 Å². The van der Waals surface area contributed by atoms with Gasteiger partial charge < -0.3 is 20.3 Å². The highest BCUT2D eigenvalue weighted by Gasteiger charge is 2.24. The van der Waals surface area contributed by atoms with Gasteiger partial charge in [-0.15, -0.1) is 0 Å². The number of carbonyl (C=O) groups is 2. The Morgan fingerprint density at radius 1 is 0.484 bits per heavy atom. The number of ether oxygens (including phenoxy) is 1. The van der Waals surface area contributed by atoms with Crippen molar-refractivity contribution >= 4 is 11.9 Å². The summed E-state index contributed by atoms with van der Waals surface area (Å²) in [6, 6.07) is -0.719.